The van der Waals surface area contributed by atoms with Gasteiger partial charge in [-0.05, 0) is 25.8 Å². The van der Waals surface area contributed by atoms with Crippen molar-refractivity contribution in [2.75, 3.05) is 25.2 Å². The summed E-state index contributed by atoms with van der Waals surface area (Å²) in [5.41, 5.74) is 3.66. The molecule has 1 aliphatic rings. The third-order valence-electron chi connectivity index (χ3n) is 3.92. The maximum Gasteiger partial charge on any atom is 0.0485 e. The molecule has 1 saturated heterocycles. The van der Waals surface area contributed by atoms with Crippen LogP contribution in [-0.2, 0) is 11.3 Å². The molecule has 4 nitrogen and oxygen atoms in total. The first-order chi connectivity index (χ1) is 9.58. The lowest BCUT2D eigenvalue weighted by Crippen LogP contribution is -2.37. The van der Waals surface area contributed by atoms with Gasteiger partial charge in [-0.3, -0.25) is 4.98 Å². The van der Waals surface area contributed by atoms with E-state index >= 15 is 0 Å². The Bertz CT molecular complexity index is 428. The molecule has 0 spiro atoms. The van der Waals surface area contributed by atoms with Crippen LogP contribution in [0.15, 0.2) is 12.3 Å². The number of anilines is 1. The minimum Gasteiger partial charge on any atom is -0.381 e. The van der Waals surface area contributed by atoms with Gasteiger partial charge in [0.1, 0.15) is 0 Å². The first kappa shape index (κ1) is 15.3. The first-order valence-electron chi connectivity index (χ1n) is 7.57. The second-order valence-corrected chi connectivity index (χ2v) is 5.94. The predicted octanol–water partition coefficient (Wildman–Crippen LogP) is 2.50. The van der Waals surface area contributed by atoms with Gasteiger partial charge in [0.15, 0.2) is 0 Å². The maximum absolute atomic E-state index is 5.47. The van der Waals surface area contributed by atoms with Gasteiger partial charge in [-0.15, -0.1) is 0 Å². The Kier molecular flexibility index (Phi) is 5.38. The molecule has 1 aliphatic heterocycles. The molecule has 4 heteroatoms. The van der Waals surface area contributed by atoms with Crippen molar-refractivity contribution < 1.29 is 4.74 Å². The molecule has 1 aromatic heterocycles. The number of hydrogen-bond acceptors (Lipinski definition) is 4. The van der Waals surface area contributed by atoms with Crippen LogP contribution in [0.1, 0.15) is 37.9 Å². The number of aryl methyl sites for hydroxylation is 1. The normalized spacial score (nSPS) is 16.6. The highest BCUT2D eigenvalue weighted by Crippen LogP contribution is 2.25. The number of pyridine rings is 1. The molecule has 0 unspecified atom stereocenters. The summed E-state index contributed by atoms with van der Waals surface area (Å²) in [6.45, 7) is 9.01. The minimum absolute atomic E-state index is 0.484. The van der Waals surface area contributed by atoms with Crippen LogP contribution in [-0.4, -0.2) is 37.3 Å². The Labute approximate surface area is 122 Å². The fourth-order valence-electron chi connectivity index (χ4n) is 2.62. The molecule has 112 valence electrons. The Hall–Kier alpha value is -1.13. The Morgan fingerprint density at radius 2 is 2.10 bits per heavy atom. The van der Waals surface area contributed by atoms with E-state index in [4.69, 9.17) is 4.74 Å². The quantitative estimate of drug-likeness (QED) is 0.897. The zero-order chi connectivity index (χ0) is 14.5. The molecule has 0 amide bonds. The smallest absolute Gasteiger partial charge is 0.0485 e. The number of ether oxygens (including phenoxy) is 1. The van der Waals surface area contributed by atoms with Gasteiger partial charge in [-0.25, -0.2) is 0 Å². The highest BCUT2D eigenvalue weighted by molar-refractivity contribution is 5.54. The van der Waals surface area contributed by atoms with Crippen molar-refractivity contribution in [1.82, 2.24) is 10.3 Å². The summed E-state index contributed by atoms with van der Waals surface area (Å²) in [6.07, 6.45) is 4.22. The average molecular weight is 277 g/mol. The lowest BCUT2D eigenvalue weighted by atomic mass is 10.1. The molecule has 1 fully saturated rings. The second-order valence-electron chi connectivity index (χ2n) is 5.94. The van der Waals surface area contributed by atoms with Crippen LogP contribution >= 0.6 is 0 Å². The average Bonchev–Trinajstić information content (AvgIpc) is 2.46. The van der Waals surface area contributed by atoms with E-state index in [1.807, 2.05) is 6.20 Å². The summed E-state index contributed by atoms with van der Waals surface area (Å²) < 4.78 is 5.47. The topological polar surface area (TPSA) is 37.4 Å². The summed E-state index contributed by atoms with van der Waals surface area (Å²) in [5, 5.41) is 3.49. The largest absolute Gasteiger partial charge is 0.381 e. The molecular weight excluding hydrogens is 250 g/mol. The van der Waals surface area contributed by atoms with Gasteiger partial charge in [0, 0.05) is 62.0 Å². The Morgan fingerprint density at radius 1 is 1.40 bits per heavy atom. The molecule has 0 atom stereocenters. The summed E-state index contributed by atoms with van der Waals surface area (Å²) in [7, 11) is 2.20. The van der Waals surface area contributed by atoms with Gasteiger partial charge < -0.3 is 15.0 Å². The van der Waals surface area contributed by atoms with E-state index in [0.29, 0.717) is 12.1 Å². The van der Waals surface area contributed by atoms with Crippen molar-refractivity contribution in [3.05, 3.63) is 23.5 Å². The number of nitrogens with one attached hydrogen (secondary N) is 1. The molecule has 1 aromatic rings. The van der Waals surface area contributed by atoms with Crippen LogP contribution in [0.25, 0.3) is 0 Å². The number of aromatic nitrogens is 1. The molecule has 0 radical (unpaired) electrons. The first-order valence-corrected chi connectivity index (χ1v) is 7.57. The molecule has 0 saturated carbocycles. The van der Waals surface area contributed by atoms with Gasteiger partial charge in [-0.2, -0.15) is 0 Å². The highest BCUT2D eigenvalue weighted by Gasteiger charge is 2.20. The molecule has 0 bridgehead atoms. The van der Waals surface area contributed by atoms with Gasteiger partial charge in [0.2, 0.25) is 0 Å². The van der Waals surface area contributed by atoms with E-state index in [-0.39, 0.29) is 0 Å². The van der Waals surface area contributed by atoms with E-state index in [1.165, 1.54) is 11.3 Å². The van der Waals surface area contributed by atoms with Gasteiger partial charge in [-0.1, -0.05) is 13.8 Å². The van der Waals surface area contributed by atoms with E-state index in [9.17, 15) is 0 Å². The van der Waals surface area contributed by atoms with Crippen molar-refractivity contribution in [2.24, 2.45) is 0 Å². The SMILES string of the molecule is Cc1cc(N(C)C2CCOCC2)c(CNC(C)C)cn1. The summed E-state index contributed by atoms with van der Waals surface area (Å²) in [4.78, 5) is 6.87. The fourth-order valence-corrected chi connectivity index (χ4v) is 2.62. The van der Waals surface area contributed by atoms with E-state index < -0.39 is 0 Å². The molecule has 0 aromatic carbocycles. The van der Waals surface area contributed by atoms with Crippen molar-refractivity contribution in [3.63, 3.8) is 0 Å². The summed E-state index contributed by atoms with van der Waals surface area (Å²) in [5.74, 6) is 0. The molecule has 2 rings (SSSR count). The third kappa shape index (κ3) is 3.93. The fraction of sp³-hybridized carbons (Fsp3) is 0.688. The molecule has 0 aliphatic carbocycles. The lowest BCUT2D eigenvalue weighted by molar-refractivity contribution is 0.0854. The van der Waals surface area contributed by atoms with Crippen LogP contribution in [0.2, 0.25) is 0 Å². The van der Waals surface area contributed by atoms with Crippen LogP contribution in [0, 0.1) is 6.92 Å². The van der Waals surface area contributed by atoms with Crippen LogP contribution < -0.4 is 10.2 Å². The van der Waals surface area contributed by atoms with Crippen LogP contribution in [0.4, 0.5) is 5.69 Å². The minimum atomic E-state index is 0.484. The molecule has 1 N–H and O–H groups in total. The zero-order valence-corrected chi connectivity index (χ0v) is 13.1. The Morgan fingerprint density at radius 3 is 2.75 bits per heavy atom. The second kappa shape index (κ2) is 7.04. The number of nitrogens with zero attached hydrogens (tertiary/aromatic N) is 2. The summed E-state index contributed by atoms with van der Waals surface area (Å²) in [6, 6.07) is 3.26. The van der Waals surface area contributed by atoms with Gasteiger partial charge in [0.05, 0.1) is 0 Å². The van der Waals surface area contributed by atoms with Gasteiger partial charge in [0.25, 0.3) is 0 Å². The summed E-state index contributed by atoms with van der Waals surface area (Å²) >= 11 is 0. The molecule has 2 heterocycles. The van der Waals surface area contributed by atoms with Crippen molar-refractivity contribution in [3.8, 4) is 0 Å². The van der Waals surface area contributed by atoms with Crippen molar-refractivity contribution >= 4 is 5.69 Å². The lowest BCUT2D eigenvalue weighted by Gasteiger charge is -2.34. The van der Waals surface area contributed by atoms with E-state index in [0.717, 1.165) is 38.3 Å². The van der Waals surface area contributed by atoms with Crippen LogP contribution in [0.5, 0.6) is 0 Å². The van der Waals surface area contributed by atoms with Crippen molar-refractivity contribution in [2.45, 2.75) is 52.2 Å². The monoisotopic (exact) mass is 277 g/mol. The van der Waals surface area contributed by atoms with E-state index in [2.05, 4.69) is 49.1 Å². The van der Waals surface area contributed by atoms with Crippen LogP contribution in [0.3, 0.4) is 0 Å². The predicted molar refractivity (Wildman–Crippen MR) is 83.2 cm³/mol. The standard InChI is InChI=1S/C16H27N3O/c1-12(2)17-10-14-11-18-13(3)9-16(14)19(4)15-5-7-20-8-6-15/h9,11-12,15,17H,5-8,10H2,1-4H3. The highest BCUT2D eigenvalue weighted by atomic mass is 16.5. The zero-order valence-electron chi connectivity index (χ0n) is 13.1. The molecular formula is C16H27N3O. The molecule has 20 heavy (non-hydrogen) atoms. The van der Waals surface area contributed by atoms with Crippen molar-refractivity contribution in [1.29, 1.82) is 0 Å². The number of hydrogen-bond donors (Lipinski definition) is 1. The van der Waals surface area contributed by atoms with E-state index in [1.54, 1.807) is 0 Å². The van der Waals surface area contributed by atoms with Gasteiger partial charge >= 0.3 is 0 Å². The Balaban J connectivity index is 2.16. The number of rotatable bonds is 5. The third-order valence-corrected chi connectivity index (χ3v) is 3.92. The maximum atomic E-state index is 5.47.